The number of hydrogen-bond acceptors (Lipinski definition) is 5. The van der Waals surface area contributed by atoms with Gasteiger partial charge in [0.25, 0.3) is 0 Å². The van der Waals surface area contributed by atoms with Gasteiger partial charge < -0.3 is 4.74 Å². The monoisotopic (exact) mass is 345 g/mol. The maximum Gasteiger partial charge on any atom is 0.203 e. The molecule has 0 amide bonds. The quantitative estimate of drug-likeness (QED) is 0.545. The zero-order chi connectivity index (χ0) is 16.9. The summed E-state index contributed by atoms with van der Waals surface area (Å²) in [5.74, 6) is -1.38. The second kappa shape index (κ2) is 7.18. The maximum atomic E-state index is 13.8. The van der Waals surface area contributed by atoms with E-state index in [2.05, 4.69) is 15.5 Å². The number of aromatic nitrogens is 1. The van der Waals surface area contributed by atoms with Crippen molar-refractivity contribution in [3.8, 4) is 17.0 Å². The molecular formula is C17H13F2N3OS. The lowest BCUT2D eigenvalue weighted by Crippen LogP contribution is -1.98. The summed E-state index contributed by atoms with van der Waals surface area (Å²) in [7, 11) is 1.34. The fraction of sp³-hybridized carbons (Fsp3) is 0.0588. The van der Waals surface area contributed by atoms with Gasteiger partial charge in [-0.25, -0.2) is 13.8 Å². The van der Waals surface area contributed by atoms with Crippen LogP contribution in [0.4, 0.5) is 13.9 Å². The maximum absolute atomic E-state index is 13.8. The molecule has 0 aliphatic carbocycles. The van der Waals surface area contributed by atoms with Gasteiger partial charge in [0.15, 0.2) is 0 Å². The number of hydrazone groups is 1. The molecule has 3 rings (SSSR count). The Morgan fingerprint density at radius 1 is 1.17 bits per heavy atom. The summed E-state index contributed by atoms with van der Waals surface area (Å²) in [6, 6.07) is 11.9. The fourth-order valence-electron chi connectivity index (χ4n) is 2.02. The van der Waals surface area contributed by atoms with Gasteiger partial charge in [-0.2, -0.15) is 5.10 Å². The second-order valence-electron chi connectivity index (χ2n) is 4.78. The number of hydrogen-bond donors (Lipinski definition) is 1. The minimum absolute atomic E-state index is 0.113. The Morgan fingerprint density at radius 3 is 2.54 bits per heavy atom. The average Bonchev–Trinajstić information content (AvgIpc) is 3.07. The van der Waals surface area contributed by atoms with Crippen LogP contribution in [-0.4, -0.2) is 18.3 Å². The van der Waals surface area contributed by atoms with Gasteiger partial charge in [-0.3, -0.25) is 5.43 Å². The molecule has 0 aliphatic rings. The molecule has 4 nitrogen and oxygen atoms in total. The number of ether oxygens (including phenoxy) is 1. The number of nitrogens with zero attached hydrogens (tertiary/aromatic N) is 2. The standard InChI is InChI=1S/C17H13F2N3OS/c1-23-12-7-14(18)13(15(19)8-12)9-20-22-17-21-16(10-24-17)11-5-3-2-4-6-11/h2-10H,1H3,(H,21,22). The largest absolute Gasteiger partial charge is 0.497 e. The summed E-state index contributed by atoms with van der Waals surface area (Å²) in [6.07, 6.45) is 1.08. The van der Waals surface area contributed by atoms with Crippen molar-refractivity contribution in [2.75, 3.05) is 12.5 Å². The highest BCUT2D eigenvalue weighted by atomic mass is 32.1. The molecule has 0 saturated carbocycles. The summed E-state index contributed by atoms with van der Waals surface area (Å²) >= 11 is 1.35. The lowest BCUT2D eigenvalue weighted by atomic mass is 10.2. The van der Waals surface area contributed by atoms with Gasteiger partial charge in [0.2, 0.25) is 5.13 Å². The normalized spacial score (nSPS) is 11.0. The zero-order valence-electron chi connectivity index (χ0n) is 12.7. The molecule has 0 aliphatic heterocycles. The molecule has 7 heteroatoms. The Balaban J connectivity index is 1.73. The van der Waals surface area contributed by atoms with Gasteiger partial charge in [-0.15, -0.1) is 11.3 Å². The van der Waals surface area contributed by atoms with Crippen LogP contribution < -0.4 is 10.2 Å². The number of nitrogens with one attached hydrogen (secondary N) is 1. The molecule has 0 radical (unpaired) electrons. The summed E-state index contributed by atoms with van der Waals surface area (Å²) in [5, 5.41) is 6.25. The van der Waals surface area contributed by atoms with Crippen molar-refractivity contribution in [2.24, 2.45) is 5.10 Å². The van der Waals surface area contributed by atoms with E-state index in [1.807, 2.05) is 35.7 Å². The van der Waals surface area contributed by atoms with E-state index in [9.17, 15) is 8.78 Å². The smallest absolute Gasteiger partial charge is 0.203 e. The van der Waals surface area contributed by atoms with E-state index in [1.165, 1.54) is 18.4 Å². The van der Waals surface area contributed by atoms with E-state index in [0.29, 0.717) is 5.13 Å². The first-order valence-corrected chi connectivity index (χ1v) is 7.88. The summed E-state index contributed by atoms with van der Waals surface area (Å²) < 4.78 is 32.4. The van der Waals surface area contributed by atoms with Crippen LogP contribution in [0.2, 0.25) is 0 Å². The van der Waals surface area contributed by atoms with E-state index in [1.54, 1.807) is 0 Å². The summed E-state index contributed by atoms with van der Waals surface area (Å²) in [5.41, 5.74) is 4.22. The van der Waals surface area contributed by atoms with Crippen molar-refractivity contribution in [1.82, 2.24) is 4.98 Å². The first-order valence-electron chi connectivity index (χ1n) is 7.00. The molecule has 2 aromatic carbocycles. The Morgan fingerprint density at radius 2 is 1.88 bits per heavy atom. The molecule has 0 unspecified atom stereocenters. The van der Waals surface area contributed by atoms with Crippen LogP contribution in [0.5, 0.6) is 5.75 Å². The Hall–Kier alpha value is -2.80. The zero-order valence-corrected chi connectivity index (χ0v) is 13.5. The first kappa shape index (κ1) is 16.1. The van der Waals surface area contributed by atoms with Gasteiger partial charge in [-0.05, 0) is 0 Å². The number of rotatable bonds is 5. The molecule has 1 N–H and O–H groups in total. The minimum Gasteiger partial charge on any atom is -0.497 e. The Labute approximate surface area is 141 Å². The van der Waals surface area contributed by atoms with Crippen LogP contribution in [0, 0.1) is 11.6 Å². The molecule has 1 heterocycles. The van der Waals surface area contributed by atoms with E-state index < -0.39 is 11.6 Å². The number of anilines is 1. The lowest BCUT2D eigenvalue weighted by molar-refractivity contribution is 0.406. The third-order valence-electron chi connectivity index (χ3n) is 3.22. The predicted molar refractivity (Wildman–Crippen MR) is 91.7 cm³/mol. The molecule has 122 valence electrons. The summed E-state index contributed by atoms with van der Waals surface area (Å²) in [6.45, 7) is 0. The van der Waals surface area contributed by atoms with Crippen LogP contribution in [-0.2, 0) is 0 Å². The van der Waals surface area contributed by atoms with Gasteiger partial charge in [0.05, 0.1) is 24.6 Å². The van der Waals surface area contributed by atoms with Crippen molar-refractivity contribution in [3.63, 3.8) is 0 Å². The molecule has 1 aromatic heterocycles. The van der Waals surface area contributed by atoms with Crippen LogP contribution in [0.15, 0.2) is 52.9 Å². The average molecular weight is 345 g/mol. The SMILES string of the molecule is COc1cc(F)c(C=NNc2nc(-c3ccccc3)cs2)c(F)c1. The highest BCUT2D eigenvalue weighted by Crippen LogP contribution is 2.24. The number of benzene rings is 2. The Bertz CT molecular complexity index is 842. The fourth-order valence-corrected chi connectivity index (χ4v) is 2.69. The molecule has 0 bridgehead atoms. The van der Waals surface area contributed by atoms with Crippen LogP contribution in [0.3, 0.4) is 0 Å². The van der Waals surface area contributed by atoms with Crippen molar-refractivity contribution in [2.45, 2.75) is 0 Å². The lowest BCUT2D eigenvalue weighted by Gasteiger charge is -2.03. The molecule has 0 spiro atoms. The third-order valence-corrected chi connectivity index (χ3v) is 3.96. The van der Waals surface area contributed by atoms with E-state index in [4.69, 9.17) is 4.74 Å². The third kappa shape index (κ3) is 3.57. The molecular weight excluding hydrogens is 332 g/mol. The molecule has 3 aromatic rings. The van der Waals surface area contributed by atoms with Gasteiger partial charge in [-0.1, -0.05) is 30.3 Å². The molecule has 0 atom stereocenters. The van der Waals surface area contributed by atoms with E-state index in [0.717, 1.165) is 29.6 Å². The van der Waals surface area contributed by atoms with Crippen molar-refractivity contribution >= 4 is 22.7 Å². The van der Waals surface area contributed by atoms with Gasteiger partial charge in [0, 0.05) is 23.1 Å². The van der Waals surface area contributed by atoms with E-state index in [-0.39, 0.29) is 11.3 Å². The van der Waals surface area contributed by atoms with Crippen LogP contribution >= 0.6 is 11.3 Å². The van der Waals surface area contributed by atoms with Crippen LogP contribution in [0.1, 0.15) is 5.56 Å². The van der Waals surface area contributed by atoms with Gasteiger partial charge >= 0.3 is 0 Å². The summed E-state index contributed by atoms with van der Waals surface area (Å²) in [4.78, 5) is 4.37. The van der Waals surface area contributed by atoms with Gasteiger partial charge in [0.1, 0.15) is 17.4 Å². The minimum atomic E-state index is -0.749. The van der Waals surface area contributed by atoms with Crippen molar-refractivity contribution in [3.05, 3.63) is 65.0 Å². The van der Waals surface area contributed by atoms with E-state index >= 15 is 0 Å². The molecule has 0 saturated heterocycles. The molecule has 24 heavy (non-hydrogen) atoms. The van der Waals surface area contributed by atoms with Crippen molar-refractivity contribution < 1.29 is 13.5 Å². The number of thiazole rings is 1. The van der Waals surface area contributed by atoms with Crippen molar-refractivity contribution in [1.29, 1.82) is 0 Å². The highest BCUT2D eigenvalue weighted by Gasteiger charge is 2.10. The number of methoxy groups -OCH3 is 1. The topological polar surface area (TPSA) is 46.5 Å². The second-order valence-corrected chi connectivity index (χ2v) is 5.64. The highest BCUT2D eigenvalue weighted by molar-refractivity contribution is 7.14. The number of halogens is 2. The molecule has 0 fully saturated rings. The Kier molecular flexibility index (Phi) is 4.81. The van der Waals surface area contributed by atoms with Crippen LogP contribution in [0.25, 0.3) is 11.3 Å². The predicted octanol–water partition coefficient (Wildman–Crippen LogP) is 4.54. The first-order chi connectivity index (χ1) is 11.7.